The molecule has 3 amide bonds. The first kappa shape index (κ1) is 19.7. The standard InChI is InChI=1S/C23H19N3O3S2/c1-23(17-5-3-15-10-19(29-2)6-4-14(15)9-17)21(27)26(22(28)25-23)11-18-13-31-20(24-18)16-7-8-30-12-16/h3-10,12-13H,11H2,1-2H3,(H,25,28)/t23-/m0/s1. The monoisotopic (exact) mass is 449 g/mol. The minimum Gasteiger partial charge on any atom is -0.497 e. The third-order valence-electron chi connectivity index (χ3n) is 5.54. The lowest BCUT2D eigenvalue weighted by atomic mass is 9.90. The number of rotatable bonds is 5. The predicted octanol–water partition coefficient (Wildman–Crippen LogP) is 5.00. The number of fused-ring (bicyclic) bond motifs is 1. The lowest BCUT2D eigenvalue weighted by molar-refractivity contribution is -0.131. The number of hydrogen-bond donors (Lipinski definition) is 1. The van der Waals surface area contributed by atoms with Crippen LogP contribution < -0.4 is 10.1 Å². The fraction of sp³-hybridized carbons (Fsp3) is 0.174. The molecule has 5 rings (SSSR count). The number of ether oxygens (including phenoxy) is 1. The second-order valence-corrected chi connectivity index (χ2v) is 9.17. The Bertz CT molecular complexity index is 1300. The van der Waals surface area contributed by atoms with Gasteiger partial charge in [-0.05, 0) is 52.9 Å². The summed E-state index contributed by atoms with van der Waals surface area (Å²) < 4.78 is 5.28. The van der Waals surface area contributed by atoms with Crippen molar-refractivity contribution < 1.29 is 14.3 Å². The zero-order valence-electron chi connectivity index (χ0n) is 16.9. The second kappa shape index (κ2) is 7.47. The van der Waals surface area contributed by atoms with Crippen LogP contribution in [0, 0.1) is 0 Å². The molecule has 6 nitrogen and oxygen atoms in total. The quantitative estimate of drug-likeness (QED) is 0.435. The van der Waals surface area contributed by atoms with E-state index in [4.69, 9.17) is 4.74 Å². The molecule has 0 radical (unpaired) electrons. The summed E-state index contributed by atoms with van der Waals surface area (Å²) in [6.45, 7) is 1.89. The van der Waals surface area contributed by atoms with Gasteiger partial charge in [-0.25, -0.2) is 9.78 Å². The summed E-state index contributed by atoms with van der Waals surface area (Å²) in [6.07, 6.45) is 0. The highest BCUT2D eigenvalue weighted by Crippen LogP contribution is 2.33. The van der Waals surface area contributed by atoms with Gasteiger partial charge in [-0.2, -0.15) is 11.3 Å². The normalized spacial score (nSPS) is 18.6. The number of carbonyl (C=O) groups is 2. The van der Waals surface area contributed by atoms with Crippen LogP contribution in [0.4, 0.5) is 4.79 Å². The van der Waals surface area contributed by atoms with Crippen molar-refractivity contribution in [3.8, 4) is 16.3 Å². The summed E-state index contributed by atoms with van der Waals surface area (Å²) >= 11 is 3.12. The highest BCUT2D eigenvalue weighted by molar-refractivity contribution is 7.14. The number of benzene rings is 2. The van der Waals surface area contributed by atoms with E-state index in [0.717, 1.165) is 32.7 Å². The SMILES string of the molecule is COc1ccc2cc([C@]3(C)NC(=O)N(Cc4csc(-c5ccsc5)n4)C3=O)ccc2c1. The van der Waals surface area contributed by atoms with E-state index in [0.29, 0.717) is 5.69 Å². The largest absolute Gasteiger partial charge is 0.497 e. The van der Waals surface area contributed by atoms with Crippen molar-refractivity contribution in [2.75, 3.05) is 7.11 Å². The molecular weight excluding hydrogens is 430 g/mol. The van der Waals surface area contributed by atoms with E-state index < -0.39 is 11.6 Å². The van der Waals surface area contributed by atoms with Crippen molar-refractivity contribution in [3.63, 3.8) is 0 Å². The Morgan fingerprint density at radius 1 is 1.10 bits per heavy atom. The molecule has 0 spiro atoms. The third kappa shape index (κ3) is 3.37. The smallest absolute Gasteiger partial charge is 0.325 e. The number of amides is 3. The molecule has 8 heteroatoms. The number of thiophene rings is 1. The van der Waals surface area contributed by atoms with Crippen molar-refractivity contribution in [3.05, 3.63) is 69.9 Å². The van der Waals surface area contributed by atoms with E-state index in [1.54, 1.807) is 25.4 Å². The summed E-state index contributed by atoms with van der Waals surface area (Å²) in [6, 6.07) is 13.1. The van der Waals surface area contributed by atoms with Crippen molar-refractivity contribution in [1.82, 2.24) is 15.2 Å². The summed E-state index contributed by atoms with van der Waals surface area (Å²) in [5.74, 6) is 0.489. The molecule has 156 valence electrons. The van der Waals surface area contributed by atoms with Gasteiger partial charge in [-0.3, -0.25) is 9.69 Å². The Morgan fingerprint density at radius 3 is 2.68 bits per heavy atom. The van der Waals surface area contributed by atoms with E-state index >= 15 is 0 Å². The molecular formula is C23H19N3O3S2. The summed E-state index contributed by atoms with van der Waals surface area (Å²) in [5, 5.41) is 11.7. The van der Waals surface area contributed by atoms with E-state index in [-0.39, 0.29) is 12.5 Å². The van der Waals surface area contributed by atoms with E-state index in [1.807, 2.05) is 58.6 Å². The topological polar surface area (TPSA) is 71.5 Å². The summed E-state index contributed by atoms with van der Waals surface area (Å²) in [7, 11) is 1.63. The molecule has 1 atom stereocenters. The molecule has 1 aliphatic heterocycles. The molecule has 1 fully saturated rings. The van der Waals surface area contributed by atoms with E-state index in [1.165, 1.54) is 16.2 Å². The minimum atomic E-state index is -1.13. The molecule has 31 heavy (non-hydrogen) atoms. The van der Waals surface area contributed by atoms with Crippen LogP contribution in [0.15, 0.2) is 58.6 Å². The first-order valence-corrected chi connectivity index (χ1v) is 11.5. The van der Waals surface area contributed by atoms with Gasteiger partial charge in [0.2, 0.25) is 0 Å². The van der Waals surface area contributed by atoms with E-state index in [9.17, 15) is 9.59 Å². The number of nitrogens with one attached hydrogen (secondary N) is 1. The summed E-state index contributed by atoms with van der Waals surface area (Å²) in [4.78, 5) is 31.9. The van der Waals surface area contributed by atoms with Crippen LogP contribution in [-0.4, -0.2) is 28.9 Å². The third-order valence-corrected chi connectivity index (χ3v) is 7.16. The molecule has 1 saturated heterocycles. The van der Waals surface area contributed by atoms with Gasteiger partial charge >= 0.3 is 6.03 Å². The van der Waals surface area contributed by atoms with Gasteiger partial charge < -0.3 is 10.1 Å². The van der Waals surface area contributed by atoms with Gasteiger partial charge in [0.25, 0.3) is 5.91 Å². The molecule has 3 heterocycles. The molecule has 0 unspecified atom stereocenters. The molecule has 2 aromatic carbocycles. The first-order valence-electron chi connectivity index (χ1n) is 9.67. The van der Waals surface area contributed by atoms with Crippen LogP contribution in [0.3, 0.4) is 0 Å². The summed E-state index contributed by atoms with van der Waals surface area (Å²) in [5.41, 5.74) is 1.36. The Balaban J connectivity index is 1.42. The number of aromatic nitrogens is 1. The number of carbonyl (C=O) groups excluding carboxylic acids is 2. The zero-order chi connectivity index (χ0) is 21.6. The molecule has 4 aromatic rings. The lowest BCUT2D eigenvalue weighted by Gasteiger charge is -2.22. The predicted molar refractivity (Wildman–Crippen MR) is 122 cm³/mol. The Hall–Kier alpha value is -3.23. The number of imide groups is 1. The van der Waals surface area contributed by atoms with Gasteiger partial charge in [0, 0.05) is 16.3 Å². The lowest BCUT2D eigenvalue weighted by Crippen LogP contribution is -2.40. The maximum Gasteiger partial charge on any atom is 0.325 e. The van der Waals surface area contributed by atoms with Crippen LogP contribution in [0.1, 0.15) is 18.2 Å². The number of methoxy groups -OCH3 is 1. The van der Waals surface area contributed by atoms with Gasteiger partial charge in [-0.15, -0.1) is 11.3 Å². The maximum atomic E-state index is 13.3. The number of urea groups is 1. The molecule has 1 N–H and O–H groups in total. The average Bonchev–Trinajstić information content (AvgIpc) is 3.51. The second-order valence-electron chi connectivity index (χ2n) is 7.53. The van der Waals surface area contributed by atoms with Gasteiger partial charge in [0.15, 0.2) is 0 Å². The Morgan fingerprint density at radius 2 is 1.90 bits per heavy atom. The van der Waals surface area contributed by atoms with Crippen LogP contribution in [0.5, 0.6) is 5.75 Å². The van der Waals surface area contributed by atoms with Crippen LogP contribution in [-0.2, 0) is 16.9 Å². The molecule has 0 bridgehead atoms. The number of nitrogens with zero attached hydrogens (tertiary/aromatic N) is 2. The van der Waals surface area contributed by atoms with Crippen molar-refractivity contribution in [2.45, 2.75) is 19.0 Å². The zero-order valence-corrected chi connectivity index (χ0v) is 18.5. The highest BCUT2D eigenvalue weighted by atomic mass is 32.1. The van der Waals surface area contributed by atoms with E-state index in [2.05, 4.69) is 10.3 Å². The fourth-order valence-corrected chi connectivity index (χ4v) is 5.28. The van der Waals surface area contributed by atoms with Crippen LogP contribution >= 0.6 is 22.7 Å². The number of hydrogen-bond acceptors (Lipinski definition) is 6. The van der Waals surface area contributed by atoms with Gasteiger partial charge in [-0.1, -0.05) is 18.2 Å². The minimum absolute atomic E-state index is 0.145. The average molecular weight is 450 g/mol. The Kier molecular flexibility index (Phi) is 4.75. The molecule has 0 aliphatic carbocycles. The molecule has 1 aliphatic rings. The molecule has 2 aromatic heterocycles. The van der Waals surface area contributed by atoms with Gasteiger partial charge in [0.1, 0.15) is 16.3 Å². The maximum absolute atomic E-state index is 13.3. The Labute approximate surface area is 187 Å². The first-order chi connectivity index (χ1) is 15.0. The van der Waals surface area contributed by atoms with Crippen molar-refractivity contribution >= 4 is 45.4 Å². The van der Waals surface area contributed by atoms with Crippen LogP contribution in [0.25, 0.3) is 21.3 Å². The highest BCUT2D eigenvalue weighted by Gasteiger charge is 2.49. The van der Waals surface area contributed by atoms with Crippen molar-refractivity contribution in [1.29, 1.82) is 0 Å². The fourth-order valence-electron chi connectivity index (χ4n) is 3.76. The molecule has 0 saturated carbocycles. The van der Waals surface area contributed by atoms with Crippen molar-refractivity contribution in [2.24, 2.45) is 0 Å². The van der Waals surface area contributed by atoms with Crippen LogP contribution in [0.2, 0.25) is 0 Å². The van der Waals surface area contributed by atoms with Gasteiger partial charge in [0.05, 0.1) is 19.3 Å². The number of thiazole rings is 1.